The second-order valence-corrected chi connectivity index (χ2v) is 5.18. The maximum atomic E-state index is 4.34. The van der Waals surface area contributed by atoms with Crippen LogP contribution < -0.4 is 5.32 Å². The molecule has 1 heterocycles. The molecule has 0 unspecified atom stereocenters. The van der Waals surface area contributed by atoms with Crippen LogP contribution in [0.2, 0.25) is 0 Å². The van der Waals surface area contributed by atoms with Crippen molar-refractivity contribution in [3.05, 3.63) is 40.2 Å². The summed E-state index contributed by atoms with van der Waals surface area (Å²) in [5, 5.41) is 3.34. The van der Waals surface area contributed by atoms with Crippen molar-refractivity contribution in [1.29, 1.82) is 0 Å². The van der Waals surface area contributed by atoms with E-state index in [0.29, 0.717) is 0 Å². The molecule has 0 radical (unpaired) electrons. The van der Waals surface area contributed by atoms with Crippen LogP contribution in [-0.2, 0) is 6.54 Å². The molecule has 0 bridgehead atoms. The Morgan fingerprint density at radius 3 is 2.76 bits per heavy atom. The predicted octanol–water partition coefficient (Wildman–Crippen LogP) is 4.03. The van der Waals surface area contributed by atoms with Gasteiger partial charge in [-0.05, 0) is 53.3 Å². The van der Waals surface area contributed by atoms with Crippen molar-refractivity contribution in [2.75, 3.05) is 5.32 Å². The van der Waals surface area contributed by atoms with E-state index in [1.54, 1.807) is 0 Å². The fourth-order valence-electron chi connectivity index (χ4n) is 1.60. The van der Waals surface area contributed by atoms with Gasteiger partial charge in [0, 0.05) is 28.2 Å². The molecule has 2 aromatic rings. The highest BCUT2D eigenvalue weighted by Gasteiger charge is 2.02. The highest BCUT2D eigenvalue weighted by Crippen LogP contribution is 2.16. The number of rotatable bonds is 5. The summed E-state index contributed by atoms with van der Waals surface area (Å²) in [5.74, 6) is 0.916. The first-order valence-corrected chi connectivity index (χ1v) is 6.91. The van der Waals surface area contributed by atoms with Crippen LogP contribution in [0.5, 0.6) is 0 Å². The number of unbranched alkanes of at least 4 members (excludes halogenated alkanes) is 1. The quantitative estimate of drug-likeness (QED) is 0.832. The molecule has 0 aliphatic carbocycles. The number of aromatic nitrogens is 2. The van der Waals surface area contributed by atoms with Gasteiger partial charge in [-0.1, -0.05) is 13.3 Å². The molecule has 1 N–H and O–H groups in total. The summed E-state index contributed by atoms with van der Waals surface area (Å²) in [4.78, 5) is 4.34. The first-order valence-electron chi connectivity index (χ1n) is 5.83. The van der Waals surface area contributed by atoms with E-state index in [4.69, 9.17) is 0 Å². The number of hydrogen-bond acceptors (Lipinski definition) is 2. The molecule has 4 heteroatoms. The average molecular weight is 341 g/mol. The molecule has 1 aromatic heterocycles. The molecule has 0 saturated carbocycles. The number of nitrogens with one attached hydrogen (secondary N) is 1. The number of imidazole rings is 1. The van der Waals surface area contributed by atoms with Gasteiger partial charge in [-0.2, -0.15) is 0 Å². The van der Waals surface area contributed by atoms with Crippen LogP contribution in [-0.4, -0.2) is 9.55 Å². The van der Waals surface area contributed by atoms with Crippen LogP contribution in [0.4, 0.5) is 11.6 Å². The maximum Gasteiger partial charge on any atom is 0.207 e. The molecule has 0 fully saturated rings. The largest absolute Gasteiger partial charge is 0.326 e. The lowest BCUT2D eigenvalue weighted by atomic mass is 10.3. The topological polar surface area (TPSA) is 29.9 Å². The Labute approximate surface area is 115 Å². The Morgan fingerprint density at radius 1 is 1.29 bits per heavy atom. The van der Waals surface area contributed by atoms with Gasteiger partial charge in [-0.15, -0.1) is 0 Å². The fourth-order valence-corrected chi connectivity index (χ4v) is 1.96. The van der Waals surface area contributed by atoms with Gasteiger partial charge in [0.1, 0.15) is 0 Å². The highest BCUT2D eigenvalue weighted by atomic mass is 127. The molecule has 0 atom stereocenters. The lowest BCUT2D eigenvalue weighted by Gasteiger charge is -2.09. The summed E-state index contributed by atoms with van der Waals surface area (Å²) in [6.45, 7) is 3.21. The first kappa shape index (κ1) is 12.4. The molecule has 0 spiro atoms. The lowest BCUT2D eigenvalue weighted by Crippen LogP contribution is -2.03. The van der Waals surface area contributed by atoms with Gasteiger partial charge >= 0.3 is 0 Å². The highest BCUT2D eigenvalue weighted by molar-refractivity contribution is 14.1. The van der Waals surface area contributed by atoms with Crippen molar-refractivity contribution < 1.29 is 0 Å². The van der Waals surface area contributed by atoms with Crippen LogP contribution in [0.1, 0.15) is 19.8 Å². The molecule has 17 heavy (non-hydrogen) atoms. The summed E-state index contributed by atoms with van der Waals surface area (Å²) in [6, 6.07) is 8.31. The standard InChI is InChI=1S/C13H16IN3/c1-2-3-9-17-10-8-15-13(17)16-12-6-4-11(14)5-7-12/h4-8,10H,2-3,9H2,1H3,(H,15,16). The lowest BCUT2D eigenvalue weighted by molar-refractivity contribution is 0.638. The normalized spacial score (nSPS) is 10.5. The molecular weight excluding hydrogens is 325 g/mol. The Hall–Kier alpha value is -1.04. The zero-order valence-electron chi connectivity index (χ0n) is 9.86. The second-order valence-electron chi connectivity index (χ2n) is 3.93. The van der Waals surface area contributed by atoms with E-state index in [-0.39, 0.29) is 0 Å². The van der Waals surface area contributed by atoms with Crippen LogP contribution >= 0.6 is 22.6 Å². The SMILES string of the molecule is CCCCn1ccnc1Nc1ccc(I)cc1. The summed E-state index contributed by atoms with van der Waals surface area (Å²) < 4.78 is 3.39. The number of hydrogen-bond donors (Lipinski definition) is 1. The first-order chi connectivity index (χ1) is 8.29. The summed E-state index contributed by atoms with van der Waals surface area (Å²) in [6.07, 6.45) is 6.23. The maximum absolute atomic E-state index is 4.34. The molecule has 1 aromatic carbocycles. The molecule has 90 valence electrons. The molecule has 0 saturated heterocycles. The third-order valence-corrected chi connectivity index (χ3v) is 3.29. The number of anilines is 2. The Kier molecular flexibility index (Phi) is 4.42. The van der Waals surface area contributed by atoms with Crippen molar-refractivity contribution in [3.63, 3.8) is 0 Å². The van der Waals surface area contributed by atoms with E-state index in [1.165, 1.54) is 16.4 Å². The van der Waals surface area contributed by atoms with Gasteiger partial charge in [-0.3, -0.25) is 0 Å². The Morgan fingerprint density at radius 2 is 2.06 bits per heavy atom. The van der Waals surface area contributed by atoms with Gasteiger partial charge in [0.15, 0.2) is 0 Å². The van der Waals surface area contributed by atoms with E-state index in [9.17, 15) is 0 Å². The molecule has 0 aliphatic heterocycles. The fraction of sp³-hybridized carbons (Fsp3) is 0.308. The van der Waals surface area contributed by atoms with Crippen molar-refractivity contribution >= 4 is 34.2 Å². The van der Waals surface area contributed by atoms with Gasteiger partial charge in [0.25, 0.3) is 0 Å². The smallest absolute Gasteiger partial charge is 0.207 e. The molecule has 0 amide bonds. The average Bonchev–Trinajstić information content (AvgIpc) is 2.77. The van der Waals surface area contributed by atoms with E-state index >= 15 is 0 Å². The molecule has 3 nitrogen and oxygen atoms in total. The molecular formula is C13H16IN3. The van der Waals surface area contributed by atoms with E-state index < -0.39 is 0 Å². The monoisotopic (exact) mass is 341 g/mol. The van der Waals surface area contributed by atoms with Gasteiger partial charge < -0.3 is 9.88 Å². The number of aryl methyl sites for hydroxylation is 1. The van der Waals surface area contributed by atoms with Crippen LogP contribution in [0.25, 0.3) is 0 Å². The number of benzene rings is 1. The minimum absolute atomic E-state index is 0.916. The van der Waals surface area contributed by atoms with Gasteiger partial charge in [0.2, 0.25) is 5.95 Å². The Bertz CT molecular complexity index is 462. The van der Waals surface area contributed by atoms with Crippen LogP contribution in [0.15, 0.2) is 36.7 Å². The second kappa shape index (κ2) is 6.05. The zero-order chi connectivity index (χ0) is 12.1. The third kappa shape index (κ3) is 3.46. The van der Waals surface area contributed by atoms with Crippen molar-refractivity contribution in [2.24, 2.45) is 0 Å². The molecule has 2 rings (SSSR count). The number of nitrogens with zero attached hydrogens (tertiary/aromatic N) is 2. The zero-order valence-corrected chi connectivity index (χ0v) is 12.0. The van der Waals surface area contributed by atoms with E-state index in [2.05, 4.69) is 68.6 Å². The number of halogens is 1. The van der Waals surface area contributed by atoms with Gasteiger partial charge in [0.05, 0.1) is 0 Å². The van der Waals surface area contributed by atoms with E-state index in [0.717, 1.165) is 18.2 Å². The summed E-state index contributed by atoms with van der Waals surface area (Å²) >= 11 is 2.30. The Balaban J connectivity index is 2.07. The summed E-state index contributed by atoms with van der Waals surface area (Å²) in [5.41, 5.74) is 1.08. The molecule has 0 aliphatic rings. The minimum atomic E-state index is 0.916. The van der Waals surface area contributed by atoms with Crippen molar-refractivity contribution in [1.82, 2.24) is 9.55 Å². The van der Waals surface area contributed by atoms with Crippen molar-refractivity contribution in [3.8, 4) is 0 Å². The minimum Gasteiger partial charge on any atom is -0.326 e. The van der Waals surface area contributed by atoms with E-state index in [1.807, 2.05) is 12.4 Å². The van der Waals surface area contributed by atoms with Gasteiger partial charge in [-0.25, -0.2) is 4.98 Å². The third-order valence-electron chi connectivity index (χ3n) is 2.57. The summed E-state index contributed by atoms with van der Waals surface area (Å²) in [7, 11) is 0. The van der Waals surface area contributed by atoms with Crippen LogP contribution in [0, 0.1) is 3.57 Å². The van der Waals surface area contributed by atoms with Crippen molar-refractivity contribution in [2.45, 2.75) is 26.3 Å². The predicted molar refractivity (Wildman–Crippen MR) is 79.6 cm³/mol. The van der Waals surface area contributed by atoms with Crippen LogP contribution in [0.3, 0.4) is 0 Å².